The van der Waals surface area contributed by atoms with Gasteiger partial charge in [0.15, 0.2) is 0 Å². The van der Waals surface area contributed by atoms with Crippen LogP contribution >= 0.6 is 27.5 Å². The molecule has 0 heterocycles. The van der Waals surface area contributed by atoms with Crippen molar-refractivity contribution in [3.8, 4) is 0 Å². The molecule has 1 atom stereocenters. The van der Waals surface area contributed by atoms with Crippen molar-refractivity contribution in [2.24, 2.45) is 5.73 Å². The van der Waals surface area contributed by atoms with E-state index in [1.54, 1.807) is 7.11 Å². The van der Waals surface area contributed by atoms with Crippen LogP contribution in [0, 0.1) is 0 Å². The Morgan fingerprint density at radius 2 is 2.31 bits per heavy atom. The van der Waals surface area contributed by atoms with E-state index in [4.69, 9.17) is 22.1 Å². The summed E-state index contributed by atoms with van der Waals surface area (Å²) in [6.45, 7) is 0.463. The van der Waals surface area contributed by atoms with Crippen molar-refractivity contribution in [3.05, 3.63) is 33.3 Å². The van der Waals surface area contributed by atoms with Crippen LogP contribution in [0.3, 0.4) is 0 Å². The molecule has 0 bridgehead atoms. The Hall–Kier alpha value is -0.0900. The summed E-state index contributed by atoms with van der Waals surface area (Å²) in [5, 5.41) is 0.690. The Morgan fingerprint density at radius 1 is 1.62 bits per heavy atom. The molecule has 2 nitrogen and oxygen atoms in total. The van der Waals surface area contributed by atoms with Gasteiger partial charge in [0.25, 0.3) is 0 Å². The van der Waals surface area contributed by atoms with Gasteiger partial charge in [-0.2, -0.15) is 0 Å². The molecule has 4 heteroatoms. The number of methoxy groups -OCH3 is 1. The van der Waals surface area contributed by atoms with Crippen LogP contribution in [-0.2, 0) is 4.74 Å². The normalized spacial score (nSPS) is 12.9. The van der Waals surface area contributed by atoms with Gasteiger partial charge in [0, 0.05) is 18.1 Å². The maximum absolute atomic E-state index is 5.85. The van der Waals surface area contributed by atoms with Crippen LogP contribution < -0.4 is 5.73 Å². The van der Waals surface area contributed by atoms with Gasteiger partial charge < -0.3 is 10.5 Å². The quantitative estimate of drug-likeness (QED) is 0.911. The lowest BCUT2D eigenvalue weighted by atomic mass is 10.1. The lowest BCUT2D eigenvalue weighted by molar-refractivity contribution is 0.110. The van der Waals surface area contributed by atoms with Gasteiger partial charge >= 0.3 is 0 Å². The van der Waals surface area contributed by atoms with Gasteiger partial charge in [-0.25, -0.2) is 0 Å². The van der Waals surface area contributed by atoms with E-state index in [9.17, 15) is 0 Å². The first-order valence-electron chi connectivity index (χ1n) is 3.87. The van der Waals surface area contributed by atoms with E-state index in [2.05, 4.69) is 15.9 Å². The molecule has 0 amide bonds. The number of halogens is 2. The number of hydrogen-bond donors (Lipinski definition) is 1. The molecule has 1 unspecified atom stereocenters. The van der Waals surface area contributed by atoms with E-state index in [1.807, 2.05) is 18.2 Å². The average Bonchev–Trinajstić information content (AvgIpc) is 2.13. The van der Waals surface area contributed by atoms with Crippen molar-refractivity contribution in [2.45, 2.75) is 6.10 Å². The zero-order valence-electron chi connectivity index (χ0n) is 7.26. The zero-order chi connectivity index (χ0) is 9.84. The van der Waals surface area contributed by atoms with Crippen molar-refractivity contribution >= 4 is 27.5 Å². The lowest BCUT2D eigenvalue weighted by Gasteiger charge is -2.13. The minimum absolute atomic E-state index is 0.0615. The largest absolute Gasteiger partial charge is 0.375 e. The molecule has 0 saturated carbocycles. The second-order valence-electron chi connectivity index (χ2n) is 2.63. The fraction of sp³-hybridized carbons (Fsp3) is 0.333. The number of hydrogen-bond acceptors (Lipinski definition) is 2. The van der Waals surface area contributed by atoms with Crippen LogP contribution in [-0.4, -0.2) is 13.7 Å². The maximum atomic E-state index is 5.85. The summed E-state index contributed by atoms with van der Waals surface area (Å²) in [5.41, 5.74) is 6.56. The summed E-state index contributed by atoms with van der Waals surface area (Å²) in [6.07, 6.45) is -0.0615. The molecule has 13 heavy (non-hydrogen) atoms. The molecule has 1 aromatic rings. The zero-order valence-corrected chi connectivity index (χ0v) is 9.60. The second kappa shape index (κ2) is 4.96. The molecule has 1 rings (SSSR count). The summed E-state index contributed by atoms with van der Waals surface area (Å²) >= 11 is 9.20. The summed E-state index contributed by atoms with van der Waals surface area (Å²) in [4.78, 5) is 0. The van der Waals surface area contributed by atoms with Crippen LogP contribution in [0.4, 0.5) is 0 Å². The summed E-state index contributed by atoms with van der Waals surface area (Å²) in [7, 11) is 1.64. The summed E-state index contributed by atoms with van der Waals surface area (Å²) in [5.74, 6) is 0. The molecule has 0 fully saturated rings. The van der Waals surface area contributed by atoms with Crippen LogP contribution in [0.15, 0.2) is 22.7 Å². The monoisotopic (exact) mass is 263 g/mol. The van der Waals surface area contributed by atoms with E-state index in [0.717, 1.165) is 10.0 Å². The van der Waals surface area contributed by atoms with E-state index < -0.39 is 0 Å². The minimum atomic E-state index is -0.0615. The number of ether oxygens (including phenoxy) is 1. The topological polar surface area (TPSA) is 35.2 Å². The Balaban J connectivity index is 2.95. The van der Waals surface area contributed by atoms with Crippen molar-refractivity contribution in [1.29, 1.82) is 0 Å². The van der Waals surface area contributed by atoms with E-state index in [0.29, 0.717) is 11.6 Å². The third-order valence-corrected chi connectivity index (χ3v) is 3.03. The Labute approximate surface area is 91.2 Å². The van der Waals surface area contributed by atoms with E-state index >= 15 is 0 Å². The molecule has 0 aliphatic carbocycles. The Bertz CT molecular complexity index is 289. The molecular formula is C9H11BrClNO. The summed E-state index contributed by atoms with van der Waals surface area (Å²) in [6, 6.07) is 5.65. The molecule has 0 aliphatic heterocycles. The first-order valence-corrected chi connectivity index (χ1v) is 5.04. The van der Waals surface area contributed by atoms with Gasteiger partial charge in [-0.05, 0) is 33.6 Å². The predicted molar refractivity (Wildman–Crippen MR) is 58.0 cm³/mol. The minimum Gasteiger partial charge on any atom is -0.375 e. The average molecular weight is 265 g/mol. The molecule has 0 aromatic heterocycles. The van der Waals surface area contributed by atoms with Gasteiger partial charge in [-0.1, -0.05) is 17.7 Å². The van der Waals surface area contributed by atoms with Gasteiger partial charge in [-0.3, -0.25) is 0 Å². The Kier molecular flexibility index (Phi) is 4.19. The second-order valence-corrected chi connectivity index (χ2v) is 3.90. The molecule has 0 spiro atoms. The van der Waals surface area contributed by atoms with Crippen molar-refractivity contribution in [1.82, 2.24) is 0 Å². The summed E-state index contributed by atoms with van der Waals surface area (Å²) < 4.78 is 6.05. The fourth-order valence-electron chi connectivity index (χ4n) is 1.08. The highest BCUT2D eigenvalue weighted by Gasteiger charge is 2.09. The molecule has 72 valence electrons. The number of nitrogens with two attached hydrogens (primary N) is 1. The standard InChI is InChI=1S/C9H11BrClNO/c1-13-9(5-12)6-2-3-8(11)7(10)4-6/h2-4,9H,5,12H2,1H3. The highest BCUT2D eigenvalue weighted by atomic mass is 79.9. The van der Waals surface area contributed by atoms with Crippen LogP contribution in [0.25, 0.3) is 0 Å². The molecule has 1 aromatic carbocycles. The third-order valence-electron chi connectivity index (χ3n) is 1.81. The number of rotatable bonds is 3. The lowest BCUT2D eigenvalue weighted by Crippen LogP contribution is -2.13. The molecular weight excluding hydrogens is 253 g/mol. The first kappa shape index (κ1) is 11.0. The Morgan fingerprint density at radius 3 is 2.77 bits per heavy atom. The number of benzene rings is 1. The van der Waals surface area contributed by atoms with Gasteiger partial charge in [-0.15, -0.1) is 0 Å². The van der Waals surface area contributed by atoms with Crippen molar-refractivity contribution in [3.63, 3.8) is 0 Å². The SMILES string of the molecule is COC(CN)c1ccc(Cl)c(Br)c1. The maximum Gasteiger partial charge on any atom is 0.0943 e. The molecule has 0 radical (unpaired) electrons. The molecule has 2 N–H and O–H groups in total. The van der Waals surface area contributed by atoms with Crippen LogP contribution in [0.2, 0.25) is 5.02 Å². The third kappa shape index (κ3) is 2.68. The van der Waals surface area contributed by atoms with Gasteiger partial charge in [0.2, 0.25) is 0 Å². The first-order chi connectivity index (χ1) is 6.19. The van der Waals surface area contributed by atoms with Crippen LogP contribution in [0.5, 0.6) is 0 Å². The van der Waals surface area contributed by atoms with Gasteiger partial charge in [0.05, 0.1) is 11.1 Å². The van der Waals surface area contributed by atoms with Gasteiger partial charge in [0.1, 0.15) is 0 Å². The fourth-order valence-corrected chi connectivity index (χ4v) is 1.60. The van der Waals surface area contributed by atoms with Crippen LogP contribution in [0.1, 0.15) is 11.7 Å². The van der Waals surface area contributed by atoms with Crippen molar-refractivity contribution in [2.75, 3.05) is 13.7 Å². The molecule has 0 saturated heterocycles. The van der Waals surface area contributed by atoms with E-state index in [1.165, 1.54) is 0 Å². The smallest absolute Gasteiger partial charge is 0.0943 e. The molecule has 0 aliphatic rings. The highest BCUT2D eigenvalue weighted by molar-refractivity contribution is 9.10. The van der Waals surface area contributed by atoms with E-state index in [-0.39, 0.29) is 6.10 Å². The highest BCUT2D eigenvalue weighted by Crippen LogP contribution is 2.26. The van der Waals surface area contributed by atoms with Crippen molar-refractivity contribution < 1.29 is 4.74 Å². The predicted octanol–water partition coefficient (Wildman–Crippen LogP) is 2.75.